The van der Waals surface area contributed by atoms with Gasteiger partial charge in [-0.05, 0) is 23.6 Å². The van der Waals surface area contributed by atoms with Crippen LogP contribution >= 0.6 is 27.7 Å². The molecule has 0 N–H and O–H groups in total. The molecule has 106 valence electrons. The summed E-state index contributed by atoms with van der Waals surface area (Å²) in [5.41, 5.74) is 2.07. The van der Waals surface area contributed by atoms with Crippen molar-refractivity contribution < 1.29 is 0 Å². The van der Waals surface area contributed by atoms with Gasteiger partial charge in [-0.25, -0.2) is 4.98 Å². The molecule has 2 rings (SSSR count). The average molecular weight is 353 g/mol. The largest absolute Gasteiger partial charge is 0.291 e. The monoisotopic (exact) mass is 352 g/mol. The minimum absolute atomic E-state index is 0.00186. The molecular weight excluding hydrogens is 336 g/mol. The summed E-state index contributed by atoms with van der Waals surface area (Å²) in [6.45, 7) is 4.09. The van der Waals surface area contributed by atoms with Crippen molar-refractivity contribution in [1.82, 2.24) is 9.55 Å². The van der Waals surface area contributed by atoms with Gasteiger partial charge < -0.3 is 0 Å². The molecule has 0 aliphatic carbocycles. The second-order valence-corrected chi connectivity index (χ2v) is 6.79. The van der Waals surface area contributed by atoms with Crippen LogP contribution in [0.1, 0.15) is 31.0 Å². The van der Waals surface area contributed by atoms with Gasteiger partial charge in [0, 0.05) is 23.3 Å². The lowest BCUT2D eigenvalue weighted by molar-refractivity contribution is 0.668. The summed E-state index contributed by atoms with van der Waals surface area (Å²) in [6.07, 6.45) is 0. The number of aromatic nitrogens is 2. The Bertz CT molecular complexity index is 650. The van der Waals surface area contributed by atoms with E-state index in [0.29, 0.717) is 0 Å². The standard InChI is InChI=1S/C15H17BrN2OS/c1-10(2)13-8-14(19)18(3)15(17-13)20-9-11-4-6-12(16)7-5-11/h4-8,10H,9H2,1-3H3. The molecule has 0 radical (unpaired) electrons. The minimum Gasteiger partial charge on any atom is -0.291 e. The summed E-state index contributed by atoms with van der Waals surface area (Å²) in [6, 6.07) is 9.80. The van der Waals surface area contributed by atoms with Gasteiger partial charge in [-0.15, -0.1) is 0 Å². The fourth-order valence-electron chi connectivity index (χ4n) is 1.69. The Labute approximate surface area is 131 Å². The number of benzene rings is 1. The molecule has 5 heteroatoms. The van der Waals surface area contributed by atoms with Crippen LogP contribution in [0.25, 0.3) is 0 Å². The Morgan fingerprint density at radius 3 is 2.55 bits per heavy atom. The quantitative estimate of drug-likeness (QED) is 0.617. The van der Waals surface area contributed by atoms with Gasteiger partial charge in [0.25, 0.3) is 5.56 Å². The van der Waals surface area contributed by atoms with E-state index in [1.165, 1.54) is 5.56 Å². The minimum atomic E-state index is 0.00186. The third kappa shape index (κ3) is 3.73. The SMILES string of the molecule is CC(C)c1cc(=O)n(C)c(SCc2ccc(Br)cc2)n1. The summed E-state index contributed by atoms with van der Waals surface area (Å²) in [5, 5.41) is 0.768. The normalized spacial score (nSPS) is 11.1. The highest BCUT2D eigenvalue weighted by Gasteiger charge is 2.09. The van der Waals surface area contributed by atoms with Crippen molar-refractivity contribution in [3.05, 3.63) is 56.4 Å². The Morgan fingerprint density at radius 2 is 1.95 bits per heavy atom. The van der Waals surface area contributed by atoms with E-state index in [-0.39, 0.29) is 11.5 Å². The average Bonchev–Trinajstić information content (AvgIpc) is 2.42. The molecule has 0 fully saturated rings. The van der Waals surface area contributed by atoms with E-state index in [9.17, 15) is 4.79 Å². The maximum absolute atomic E-state index is 11.9. The molecule has 0 bridgehead atoms. The van der Waals surface area contributed by atoms with E-state index in [4.69, 9.17) is 0 Å². The van der Waals surface area contributed by atoms with Crippen LogP contribution in [0.15, 0.2) is 44.8 Å². The fourth-order valence-corrected chi connectivity index (χ4v) is 2.89. The molecule has 0 saturated carbocycles. The zero-order valence-electron chi connectivity index (χ0n) is 11.8. The van der Waals surface area contributed by atoms with E-state index in [0.717, 1.165) is 21.1 Å². The smallest absolute Gasteiger partial charge is 0.254 e. The fraction of sp³-hybridized carbons (Fsp3) is 0.333. The van der Waals surface area contributed by atoms with E-state index >= 15 is 0 Å². The Morgan fingerprint density at radius 1 is 1.30 bits per heavy atom. The first-order valence-electron chi connectivity index (χ1n) is 6.42. The molecule has 1 heterocycles. The van der Waals surface area contributed by atoms with Crippen molar-refractivity contribution in [3.63, 3.8) is 0 Å². The molecule has 0 aliphatic heterocycles. The van der Waals surface area contributed by atoms with Crippen LogP contribution in [-0.2, 0) is 12.8 Å². The van der Waals surface area contributed by atoms with Crippen LogP contribution in [0.3, 0.4) is 0 Å². The van der Waals surface area contributed by atoms with Crippen molar-refractivity contribution in [2.24, 2.45) is 7.05 Å². The van der Waals surface area contributed by atoms with Gasteiger partial charge in [0.1, 0.15) is 0 Å². The lowest BCUT2D eigenvalue weighted by atomic mass is 10.1. The molecule has 0 aliphatic rings. The lowest BCUT2D eigenvalue weighted by Crippen LogP contribution is -2.20. The number of halogens is 1. The Kier molecular flexibility index (Phi) is 5.05. The first kappa shape index (κ1) is 15.3. The number of thioether (sulfide) groups is 1. The highest BCUT2D eigenvalue weighted by molar-refractivity contribution is 9.10. The van der Waals surface area contributed by atoms with Crippen LogP contribution in [0, 0.1) is 0 Å². The summed E-state index contributed by atoms with van der Waals surface area (Å²) in [5.74, 6) is 1.06. The van der Waals surface area contributed by atoms with Gasteiger partial charge in [0.15, 0.2) is 5.16 Å². The number of nitrogens with zero attached hydrogens (tertiary/aromatic N) is 2. The van der Waals surface area contributed by atoms with Gasteiger partial charge in [-0.1, -0.05) is 53.7 Å². The molecule has 0 spiro atoms. The third-order valence-corrected chi connectivity index (χ3v) is 4.62. The molecule has 0 unspecified atom stereocenters. The van der Waals surface area contributed by atoms with Crippen LogP contribution in [0.2, 0.25) is 0 Å². The maximum Gasteiger partial charge on any atom is 0.254 e. The summed E-state index contributed by atoms with van der Waals surface area (Å²) in [4.78, 5) is 16.5. The topological polar surface area (TPSA) is 34.9 Å². The molecule has 2 aromatic rings. The molecule has 20 heavy (non-hydrogen) atoms. The van der Waals surface area contributed by atoms with E-state index in [1.54, 1.807) is 29.4 Å². The molecule has 0 amide bonds. The second-order valence-electron chi connectivity index (χ2n) is 4.93. The first-order valence-corrected chi connectivity index (χ1v) is 8.20. The van der Waals surface area contributed by atoms with Crippen molar-refractivity contribution in [2.75, 3.05) is 0 Å². The molecule has 1 aromatic carbocycles. The molecule has 0 atom stereocenters. The van der Waals surface area contributed by atoms with Crippen LogP contribution < -0.4 is 5.56 Å². The predicted molar refractivity (Wildman–Crippen MR) is 87.3 cm³/mol. The predicted octanol–water partition coefficient (Wildman–Crippen LogP) is 3.96. The zero-order valence-corrected chi connectivity index (χ0v) is 14.2. The maximum atomic E-state index is 11.9. The van der Waals surface area contributed by atoms with Crippen LogP contribution in [0.5, 0.6) is 0 Å². The Hall–Kier alpha value is -1.07. The molecular formula is C15H17BrN2OS. The third-order valence-electron chi connectivity index (χ3n) is 2.99. The van der Waals surface area contributed by atoms with Crippen molar-refractivity contribution >= 4 is 27.7 Å². The van der Waals surface area contributed by atoms with E-state index in [1.807, 2.05) is 26.0 Å². The Balaban J connectivity index is 2.20. The number of hydrogen-bond donors (Lipinski definition) is 0. The van der Waals surface area contributed by atoms with Gasteiger partial charge in [0.2, 0.25) is 0 Å². The second kappa shape index (κ2) is 6.59. The molecule has 0 saturated heterocycles. The summed E-state index contributed by atoms with van der Waals surface area (Å²) >= 11 is 5.01. The van der Waals surface area contributed by atoms with E-state index < -0.39 is 0 Å². The zero-order chi connectivity index (χ0) is 14.7. The van der Waals surface area contributed by atoms with E-state index in [2.05, 4.69) is 33.0 Å². The van der Waals surface area contributed by atoms with Gasteiger partial charge >= 0.3 is 0 Å². The summed E-state index contributed by atoms with van der Waals surface area (Å²) < 4.78 is 2.67. The van der Waals surface area contributed by atoms with Crippen molar-refractivity contribution in [2.45, 2.75) is 30.7 Å². The van der Waals surface area contributed by atoms with Gasteiger partial charge in [-0.3, -0.25) is 9.36 Å². The summed E-state index contributed by atoms with van der Waals surface area (Å²) in [7, 11) is 1.77. The first-order chi connectivity index (χ1) is 9.47. The van der Waals surface area contributed by atoms with Gasteiger partial charge in [0.05, 0.1) is 5.69 Å². The number of rotatable bonds is 4. The van der Waals surface area contributed by atoms with Crippen LogP contribution in [-0.4, -0.2) is 9.55 Å². The van der Waals surface area contributed by atoms with Crippen LogP contribution in [0.4, 0.5) is 0 Å². The highest BCUT2D eigenvalue weighted by Crippen LogP contribution is 2.22. The van der Waals surface area contributed by atoms with Crippen molar-refractivity contribution in [3.8, 4) is 0 Å². The number of hydrogen-bond acceptors (Lipinski definition) is 3. The highest BCUT2D eigenvalue weighted by atomic mass is 79.9. The van der Waals surface area contributed by atoms with Crippen molar-refractivity contribution in [1.29, 1.82) is 0 Å². The lowest BCUT2D eigenvalue weighted by Gasteiger charge is -2.10. The van der Waals surface area contributed by atoms with Gasteiger partial charge in [-0.2, -0.15) is 0 Å². The molecule has 3 nitrogen and oxygen atoms in total. The molecule has 1 aromatic heterocycles.